The van der Waals surface area contributed by atoms with Gasteiger partial charge in [-0.2, -0.15) is 0 Å². The molecule has 0 aromatic carbocycles. The number of fused-ring (bicyclic) bond motifs is 1. The zero-order valence-corrected chi connectivity index (χ0v) is 18.3. The SMILES string of the molecule is COc1cncc(-c2cc3cc[nH]c(=O)c3c(Nc3ccc(N4CCO[C@@H](C)C4)nc3)n2)n1. The molecule has 1 saturated heterocycles. The van der Waals surface area contributed by atoms with E-state index >= 15 is 0 Å². The maximum absolute atomic E-state index is 12.6. The van der Waals surface area contributed by atoms with E-state index in [4.69, 9.17) is 9.47 Å². The minimum atomic E-state index is -0.238. The van der Waals surface area contributed by atoms with Gasteiger partial charge in [-0.15, -0.1) is 0 Å². The third-order valence-electron chi connectivity index (χ3n) is 5.41. The van der Waals surface area contributed by atoms with Gasteiger partial charge >= 0.3 is 0 Å². The van der Waals surface area contributed by atoms with Gasteiger partial charge in [0.15, 0.2) is 0 Å². The summed E-state index contributed by atoms with van der Waals surface area (Å²) in [6, 6.07) is 7.50. The molecule has 5 rings (SSSR count). The number of methoxy groups -OCH3 is 1. The predicted octanol–water partition coefficient (Wildman–Crippen LogP) is 2.75. The topological polar surface area (TPSA) is 118 Å². The molecule has 4 aromatic heterocycles. The van der Waals surface area contributed by atoms with Crippen LogP contribution in [0.1, 0.15) is 6.92 Å². The van der Waals surface area contributed by atoms with Crippen LogP contribution in [0.3, 0.4) is 0 Å². The Bertz CT molecular complexity index is 1340. The number of ether oxygens (including phenoxy) is 2. The highest BCUT2D eigenvalue weighted by Crippen LogP contribution is 2.28. The Morgan fingerprint density at radius 1 is 1.18 bits per heavy atom. The Balaban J connectivity index is 1.51. The van der Waals surface area contributed by atoms with E-state index < -0.39 is 0 Å². The van der Waals surface area contributed by atoms with Crippen molar-refractivity contribution in [3.8, 4) is 17.3 Å². The standard InChI is InChI=1S/C23H23N7O3/c1-14-13-30(7-8-33-14)19-4-3-16(10-26-19)27-22-21-15(5-6-25-23(21)31)9-17(29-22)18-11-24-12-20(28-18)32-2/h3-6,9-12,14H,7-8,13H2,1-2H3,(H,25,31)(H,27,29)/t14-/m0/s1. The number of hydrogen-bond acceptors (Lipinski definition) is 9. The summed E-state index contributed by atoms with van der Waals surface area (Å²) in [5.41, 5.74) is 1.58. The summed E-state index contributed by atoms with van der Waals surface area (Å²) in [7, 11) is 1.53. The van der Waals surface area contributed by atoms with Gasteiger partial charge in [0.05, 0.1) is 55.2 Å². The molecular formula is C23H23N7O3. The van der Waals surface area contributed by atoms with E-state index in [1.54, 1.807) is 24.7 Å². The van der Waals surface area contributed by atoms with E-state index in [0.717, 1.165) is 24.3 Å². The molecule has 1 atom stereocenters. The molecule has 2 N–H and O–H groups in total. The van der Waals surface area contributed by atoms with Gasteiger partial charge in [0.2, 0.25) is 5.88 Å². The fourth-order valence-electron chi connectivity index (χ4n) is 3.82. The van der Waals surface area contributed by atoms with Crippen LogP contribution in [-0.2, 0) is 4.74 Å². The highest BCUT2D eigenvalue weighted by molar-refractivity contribution is 5.94. The average Bonchev–Trinajstić information content (AvgIpc) is 2.84. The van der Waals surface area contributed by atoms with E-state index in [2.05, 4.69) is 42.1 Å². The molecule has 0 saturated carbocycles. The van der Waals surface area contributed by atoms with Crippen molar-refractivity contribution in [2.75, 3.05) is 37.0 Å². The molecule has 0 amide bonds. The Hall–Kier alpha value is -4.05. The molecule has 0 radical (unpaired) electrons. The number of H-pyrrole nitrogens is 1. The molecule has 33 heavy (non-hydrogen) atoms. The fraction of sp³-hybridized carbons (Fsp3) is 0.261. The largest absolute Gasteiger partial charge is 0.480 e. The number of rotatable bonds is 5. The third-order valence-corrected chi connectivity index (χ3v) is 5.41. The van der Waals surface area contributed by atoms with Gasteiger partial charge in [-0.3, -0.25) is 9.78 Å². The lowest BCUT2D eigenvalue weighted by atomic mass is 10.1. The maximum atomic E-state index is 12.6. The van der Waals surface area contributed by atoms with Gasteiger partial charge in [-0.25, -0.2) is 15.0 Å². The quantitative estimate of drug-likeness (QED) is 0.478. The van der Waals surface area contributed by atoms with Crippen LogP contribution in [0.2, 0.25) is 0 Å². The summed E-state index contributed by atoms with van der Waals surface area (Å²) in [6.07, 6.45) is 6.64. The summed E-state index contributed by atoms with van der Waals surface area (Å²) in [5.74, 6) is 1.67. The van der Waals surface area contributed by atoms with Crippen LogP contribution in [-0.4, -0.2) is 57.8 Å². The van der Waals surface area contributed by atoms with E-state index in [1.807, 2.05) is 18.2 Å². The van der Waals surface area contributed by atoms with Crippen molar-refractivity contribution in [3.63, 3.8) is 0 Å². The number of nitrogens with one attached hydrogen (secondary N) is 2. The molecule has 0 unspecified atom stereocenters. The highest BCUT2D eigenvalue weighted by Gasteiger charge is 2.18. The first-order valence-electron chi connectivity index (χ1n) is 10.6. The molecule has 10 nitrogen and oxygen atoms in total. The Labute approximate surface area is 189 Å². The summed E-state index contributed by atoms with van der Waals surface area (Å²) >= 11 is 0. The van der Waals surface area contributed by atoms with Gasteiger partial charge in [-0.05, 0) is 36.6 Å². The van der Waals surface area contributed by atoms with Gasteiger partial charge < -0.3 is 24.7 Å². The Kier molecular flexibility index (Phi) is 5.57. The molecular weight excluding hydrogens is 422 g/mol. The summed E-state index contributed by atoms with van der Waals surface area (Å²) in [5, 5.41) is 4.42. The summed E-state index contributed by atoms with van der Waals surface area (Å²) < 4.78 is 10.8. The van der Waals surface area contributed by atoms with Crippen molar-refractivity contribution in [1.29, 1.82) is 0 Å². The van der Waals surface area contributed by atoms with Gasteiger partial charge in [-0.1, -0.05) is 0 Å². The first-order chi connectivity index (χ1) is 16.1. The zero-order chi connectivity index (χ0) is 22.8. The van der Waals surface area contributed by atoms with Crippen molar-refractivity contribution in [2.45, 2.75) is 13.0 Å². The van der Waals surface area contributed by atoms with Crippen LogP contribution >= 0.6 is 0 Å². The third kappa shape index (κ3) is 4.33. The molecule has 10 heteroatoms. The lowest BCUT2D eigenvalue weighted by molar-refractivity contribution is 0.0529. The number of aromatic nitrogens is 5. The fourth-order valence-corrected chi connectivity index (χ4v) is 3.82. The van der Waals surface area contributed by atoms with E-state index in [0.29, 0.717) is 40.8 Å². The average molecular weight is 445 g/mol. The number of morpholine rings is 1. The minimum absolute atomic E-state index is 0.170. The number of anilines is 3. The van der Waals surface area contributed by atoms with Crippen molar-refractivity contribution in [1.82, 2.24) is 24.9 Å². The van der Waals surface area contributed by atoms with Crippen molar-refractivity contribution in [3.05, 3.63) is 59.4 Å². The maximum Gasteiger partial charge on any atom is 0.259 e. The van der Waals surface area contributed by atoms with Gasteiger partial charge in [0.25, 0.3) is 5.56 Å². The lowest BCUT2D eigenvalue weighted by Gasteiger charge is -2.32. The highest BCUT2D eigenvalue weighted by atomic mass is 16.5. The van der Waals surface area contributed by atoms with E-state index in [9.17, 15) is 4.79 Å². The van der Waals surface area contributed by atoms with Crippen molar-refractivity contribution in [2.24, 2.45) is 0 Å². The monoisotopic (exact) mass is 445 g/mol. The number of nitrogens with zero attached hydrogens (tertiary/aromatic N) is 5. The number of hydrogen-bond donors (Lipinski definition) is 2. The molecule has 0 aliphatic carbocycles. The van der Waals surface area contributed by atoms with Crippen LogP contribution in [0, 0.1) is 0 Å². The first kappa shape index (κ1) is 20.8. The van der Waals surface area contributed by atoms with Crippen LogP contribution in [0.15, 0.2) is 53.8 Å². The molecule has 4 aromatic rings. The van der Waals surface area contributed by atoms with Crippen LogP contribution < -0.4 is 20.5 Å². The smallest absolute Gasteiger partial charge is 0.259 e. The van der Waals surface area contributed by atoms with Gasteiger partial charge in [0.1, 0.15) is 17.3 Å². The number of aromatic amines is 1. The molecule has 0 bridgehead atoms. The summed E-state index contributed by atoms with van der Waals surface area (Å²) in [4.78, 5) is 35.4. The van der Waals surface area contributed by atoms with E-state index in [-0.39, 0.29) is 11.7 Å². The molecule has 5 heterocycles. The molecule has 1 fully saturated rings. The summed E-state index contributed by atoms with van der Waals surface area (Å²) in [6.45, 7) is 4.33. The molecule has 1 aliphatic rings. The second-order valence-electron chi connectivity index (χ2n) is 7.73. The number of pyridine rings is 3. The Morgan fingerprint density at radius 3 is 2.88 bits per heavy atom. The Morgan fingerprint density at radius 2 is 2.09 bits per heavy atom. The first-order valence-corrected chi connectivity index (χ1v) is 10.6. The lowest BCUT2D eigenvalue weighted by Crippen LogP contribution is -2.41. The van der Waals surface area contributed by atoms with Crippen molar-refractivity contribution < 1.29 is 9.47 Å². The van der Waals surface area contributed by atoms with Crippen molar-refractivity contribution >= 4 is 28.1 Å². The molecule has 168 valence electrons. The van der Waals surface area contributed by atoms with Gasteiger partial charge in [0, 0.05) is 19.3 Å². The van der Waals surface area contributed by atoms with Crippen LogP contribution in [0.25, 0.3) is 22.2 Å². The van der Waals surface area contributed by atoms with Crippen LogP contribution in [0.5, 0.6) is 5.88 Å². The minimum Gasteiger partial charge on any atom is -0.480 e. The molecule has 1 aliphatic heterocycles. The molecule has 0 spiro atoms. The second-order valence-corrected chi connectivity index (χ2v) is 7.73. The predicted molar refractivity (Wildman–Crippen MR) is 125 cm³/mol. The normalized spacial score (nSPS) is 16.1. The second kappa shape index (κ2) is 8.83. The van der Waals surface area contributed by atoms with Crippen LogP contribution in [0.4, 0.5) is 17.3 Å². The zero-order valence-electron chi connectivity index (χ0n) is 18.3. The van der Waals surface area contributed by atoms with E-state index in [1.165, 1.54) is 13.3 Å².